The average molecular weight is 456 g/mol. The number of morpholine rings is 1. The largest absolute Gasteiger partial charge is 0.379 e. The summed E-state index contributed by atoms with van der Waals surface area (Å²) < 4.78 is 33.1. The number of piperidine rings is 1. The van der Waals surface area contributed by atoms with Crippen molar-refractivity contribution >= 4 is 27.3 Å². The Bertz CT molecular complexity index is 800. The Kier molecular flexibility index (Phi) is 7.14. The maximum Gasteiger partial charge on any atom is 0.252 e. The van der Waals surface area contributed by atoms with E-state index in [-0.39, 0.29) is 23.9 Å². The molecule has 1 saturated carbocycles. The van der Waals surface area contributed by atoms with Crippen LogP contribution in [0.25, 0.3) is 0 Å². The average Bonchev–Trinajstić information content (AvgIpc) is 3.35. The maximum atomic E-state index is 13.1. The van der Waals surface area contributed by atoms with E-state index in [1.165, 1.54) is 34.9 Å². The summed E-state index contributed by atoms with van der Waals surface area (Å²) >= 11 is 1.23. The standard InChI is InChI=1S/C21H33N3O4S2/c25-20(18-6-4-10-24(16-18)30(26,27)19-7-5-15-29-19)22-17-21(8-2-1-3-9-21)23-11-13-28-14-12-23/h5,7,15,18H,1-4,6,8-14,16-17H2,(H,22,25). The second-order valence-electron chi connectivity index (χ2n) is 8.74. The van der Waals surface area contributed by atoms with Crippen molar-refractivity contribution in [2.75, 3.05) is 45.9 Å². The van der Waals surface area contributed by atoms with Crippen LogP contribution in [0, 0.1) is 5.92 Å². The summed E-state index contributed by atoms with van der Waals surface area (Å²) in [6.45, 7) is 4.78. The Balaban J connectivity index is 1.39. The Labute approximate surface area is 183 Å². The monoisotopic (exact) mass is 455 g/mol. The zero-order valence-corrected chi connectivity index (χ0v) is 19.2. The molecule has 9 heteroatoms. The number of amides is 1. The maximum absolute atomic E-state index is 13.1. The van der Waals surface area contributed by atoms with Gasteiger partial charge >= 0.3 is 0 Å². The zero-order valence-electron chi connectivity index (χ0n) is 17.6. The quantitative estimate of drug-likeness (QED) is 0.712. The number of thiophene rings is 1. The van der Waals surface area contributed by atoms with Crippen LogP contribution in [0.5, 0.6) is 0 Å². The first-order valence-electron chi connectivity index (χ1n) is 11.2. The lowest BCUT2D eigenvalue weighted by Gasteiger charge is -2.48. The normalized spacial score (nSPS) is 26.3. The number of ether oxygens (including phenoxy) is 1. The molecule has 1 amide bonds. The highest BCUT2D eigenvalue weighted by atomic mass is 32.2. The smallest absolute Gasteiger partial charge is 0.252 e. The number of nitrogens with zero attached hydrogens (tertiary/aromatic N) is 2. The molecule has 0 spiro atoms. The van der Waals surface area contributed by atoms with Gasteiger partial charge in [0, 0.05) is 38.3 Å². The van der Waals surface area contributed by atoms with Gasteiger partial charge in [0.05, 0.1) is 19.1 Å². The van der Waals surface area contributed by atoms with E-state index >= 15 is 0 Å². The van der Waals surface area contributed by atoms with Gasteiger partial charge in [0.1, 0.15) is 4.21 Å². The molecule has 1 aromatic rings. The van der Waals surface area contributed by atoms with Gasteiger partial charge in [-0.1, -0.05) is 25.3 Å². The Morgan fingerprint density at radius 1 is 1.17 bits per heavy atom. The van der Waals surface area contributed by atoms with Gasteiger partial charge in [0.25, 0.3) is 10.0 Å². The molecule has 30 heavy (non-hydrogen) atoms. The molecule has 3 fully saturated rings. The van der Waals surface area contributed by atoms with Gasteiger partial charge in [-0.25, -0.2) is 8.42 Å². The minimum absolute atomic E-state index is 0.000660. The van der Waals surface area contributed by atoms with Crippen molar-refractivity contribution in [2.45, 2.75) is 54.7 Å². The molecule has 4 rings (SSSR count). The molecule has 2 saturated heterocycles. The van der Waals surface area contributed by atoms with E-state index < -0.39 is 10.0 Å². The van der Waals surface area contributed by atoms with Gasteiger partial charge in [-0.15, -0.1) is 11.3 Å². The third-order valence-electron chi connectivity index (χ3n) is 6.90. The number of rotatable bonds is 6. The second kappa shape index (κ2) is 9.65. The molecule has 0 aromatic carbocycles. The fraction of sp³-hybridized carbons (Fsp3) is 0.762. The van der Waals surface area contributed by atoms with E-state index in [0.29, 0.717) is 17.3 Å². The molecule has 0 bridgehead atoms. The second-order valence-corrected chi connectivity index (χ2v) is 11.8. The molecule has 1 aliphatic carbocycles. The van der Waals surface area contributed by atoms with Crippen molar-refractivity contribution in [2.24, 2.45) is 5.92 Å². The minimum atomic E-state index is -3.50. The molecule has 3 heterocycles. The molecule has 1 N–H and O–H groups in total. The fourth-order valence-corrected chi connectivity index (χ4v) is 7.83. The topological polar surface area (TPSA) is 79.0 Å². The van der Waals surface area contributed by atoms with Crippen molar-refractivity contribution in [3.05, 3.63) is 17.5 Å². The molecule has 7 nitrogen and oxygen atoms in total. The molecule has 168 valence electrons. The summed E-state index contributed by atoms with van der Waals surface area (Å²) in [5.74, 6) is -0.280. The van der Waals surface area contributed by atoms with Gasteiger partial charge in [0.2, 0.25) is 5.91 Å². The first-order valence-corrected chi connectivity index (χ1v) is 13.5. The number of sulfonamides is 1. The van der Waals surface area contributed by atoms with Crippen LogP contribution in [0.15, 0.2) is 21.7 Å². The lowest BCUT2D eigenvalue weighted by molar-refractivity contribution is -0.127. The van der Waals surface area contributed by atoms with Crippen LogP contribution in [-0.4, -0.2) is 75.0 Å². The summed E-state index contributed by atoms with van der Waals surface area (Å²) in [6, 6.07) is 3.39. The minimum Gasteiger partial charge on any atom is -0.379 e. The number of nitrogens with one attached hydrogen (secondary N) is 1. The van der Waals surface area contributed by atoms with E-state index in [4.69, 9.17) is 4.74 Å². The highest BCUT2D eigenvalue weighted by Gasteiger charge is 2.40. The molecular formula is C21H33N3O4S2. The summed E-state index contributed by atoms with van der Waals surface area (Å²) in [4.78, 5) is 15.6. The van der Waals surface area contributed by atoms with Gasteiger partial charge in [-0.05, 0) is 37.1 Å². The summed E-state index contributed by atoms with van der Waals surface area (Å²) in [7, 11) is -3.50. The van der Waals surface area contributed by atoms with Crippen LogP contribution in [0.3, 0.4) is 0 Å². The fourth-order valence-electron chi connectivity index (χ4n) is 5.16. The van der Waals surface area contributed by atoms with E-state index in [2.05, 4.69) is 10.2 Å². The molecule has 1 atom stereocenters. The highest BCUT2D eigenvalue weighted by molar-refractivity contribution is 7.91. The van der Waals surface area contributed by atoms with E-state index in [9.17, 15) is 13.2 Å². The Morgan fingerprint density at radius 2 is 1.93 bits per heavy atom. The van der Waals surface area contributed by atoms with Gasteiger partial charge in [0.15, 0.2) is 0 Å². The summed E-state index contributed by atoms with van der Waals surface area (Å²) in [6.07, 6.45) is 7.34. The zero-order chi connectivity index (χ0) is 21.0. The van der Waals surface area contributed by atoms with Crippen LogP contribution in [0.1, 0.15) is 44.9 Å². The molecule has 1 unspecified atom stereocenters. The number of carbonyl (C=O) groups excluding carboxylic acids is 1. The first-order chi connectivity index (χ1) is 14.5. The van der Waals surface area contributed by atoms with Crippen molar-refractivity contribution < 1.29 is 17.9 Å². The van der Waals surface area contributed by atoms with E-state index in [0.717, 1.165) is 52.0 Å². The van der Waals surface area contributed by atoms with Crippen molar-refractivity contribution in [3.8, 4) is 0 Å². The predicted molar refractivity (Wildman–Crippen MR) is 117 cm³/mol. The number of hydrogen-bond donors (Lipinski definition) is 1. The third kappa shape index (κ3) is 4.75. The van der Waals surface area contributed by atoms with Gasteiger partial charge < -0.3 is 10.1 Å². The van der Waals surface area contributed by atoms with Crippen LogP contribution in [0.4, 0.5) is 0 Å². The van der Waals surface area contributed by atoms with Crippen molar-refractivity contribution in [1.29, 1.82) is 0 Å². The van der Waals surface area contributed by atoms with Gasteiger partial charge in [-0.3, -0.25) is 9.69 Å². The van der Waals surface area contributed by atoms with Crippen molar-refractivity contribution in [3.63, 3.8) is 0 Å². The van der Waals surface area contributed by atoms with E-state index in [1.54, 1.807) is 17.5 Å². The molecule has 2 aliphatic heterocycles. The summed E-state index contributed by atoms with van der Waals surface area (Å²) in [5, 5.41) is 5.00. The van der Waals surface area contributed by atoms with Gasteiger partial charge in [-0.2, -0.15) is 4.31 Å². The van der Waals surface area contributed by atoms with Crippen LogP contribution >= 0.6 is 11.3 Å². The molecule has 3 aliphatic rings. The Hall–Kier alpha value is -1.00. The van der Waals surface area contributed by atoms with E-state index in [1.807, 2.05) is 0 Å². The van der Waals surface area contributed by atoms with Crippen molar-refractivity contribution in [1.82, 2.24) is 14.5 Å². The Morgan fingerprint density at radius 3 is 2.63 bits per heavy atom. The highest BCUT2D eigenvalue weighted by Crippen LogP contribution is 2.34. The van der Waals surface area contributed by atoms with Crippen LogP contribution < -0.4 is 5.32 Å². The lowest BCUT2D eigenvalue weighted by atomic mass is 9.79. The SMILES string of the molecule is O=C(NCC1(N2CCOCC2)CCCCC1)C1CCCN(S(=O)(=O)c2cccs2)C1. The lowest BCUT2D eigenvalue weighted by Crippen LogP contribution is -2.60. The third-order valence-corrected chi connectivity index (χ3v) is 10.1. The first kappa shape index (κ1) is 22.2. The predicted octanol–water partition coefficient (Wildman–Crippen LogP) is 2.30. The van der Waals surface area contributed by atoms with Crippen LogP contribution in [0.2, 0.25) is 0 Å². The van der Waals surface area contributed by atoms with Crippen LogP contribution in [-0.2, 0) is 19.6 Å². The number of carbonyl (C=O) groups is 1. The summed E-state index contributed by atoms with van der Waals surface area (Å²) in [5.41, 5.74) is 0.0229. The molecular weight excluding hydrogens is 422 g/mol. The molecule has 1 aromatic heterocycles. The number of hydrogen-bond acceptors (Lipinski definition) is 6. The molecule has 0 radical (unpaired) electrons.